The van der Waals surface area contributed by atoms with Crippen LogP contribution in [0.3, 0.4) is 0 Å². The summed E-state index contributed by atoms with van der Waals surface area (Å²) >= 11 is 0. The van der Waals surface area contributed by atoms with E-state index in [-0.39, 0.29) is 11.3 Å². The number of aromatic carboxylic acids is 1. The second-order valence-corrected chi connectivity index (χ2v) is 5.64. The van der Waals surface area contributed by atoms with Crippen molar-refractivity contribution in [2.45, 2.75) is 31.7 Å². The highest BCUT2D eigenvalue weighted by molar-refractivity contribution is 5.89. The van der Waals surface area contributed by atoms with E-state index < -0.39 is 10.9 Å². The van der Waals surface area contributed by atoms with E-state index in [1.807, 2.05) is 0 Å². The molecule has 0 aromatic heterocycles. The highest BCUT2D eigenvalue weighted by Gasteiger charge is 2.42. The Morgan fingerprint density at radius 3 is 2.35 bits per heavy atom. The third kappa shape index (κ3) is 2.59. The van der Waals surface area contributed by atoms with E-state index in [0.717, 1.165) is 6.07 Å². The molecule has 2 fully saturated rings. The summed E-state index contributed by atoms with van der Waals surface area (Å²) in [5, 5.41) is 23.3. The second kappa shape index (κ2) is 4.77. The van der Waals surface area contributed by atoms with Crippen LogP contribution in [0.5, 0.6) is 0 Å². The molecular weight excluding hydrogens is 260 g/mol. The maximum absolute atomic E-state index is 11.1. The fourth-order valence-electron chi connectivity index (χ4n) is 2.65. The number of nitrogens with one attached hydrogen (secondary N) is 1. The number of benzene rings is 1. The quantitative estimate of drug-likeness (QED) is 0.615. The number of carbonyl (C=O) groups is 1. The molecule has 0 bridgehead atoms. The van der Waals surface area contributed by atoms with Crippen molar-refractivity contribution in [2.75, 3.05) is 5.32 Å². The lowest BCUT2D eigenvalue weighted by molar-refractivity contribution is -0.384. The van der Waals surface area contributed by atoms with Gasteiger partial charge in [-0.25, -0.2) is 4.79 Å². The second-order valence-electron chi connectivity index (χ2n) is 5.64. The van der Waals surface area contributed by atoms with Crippen LogP contribution in [0.4, 0.5) is 11.4 Å². The van der Waals surface area contributed by atoms with Gasteiger partial charge in [0.25, 0.3) is 5.69 Å². The minimum absolute atomic E-state index is 0.0587. The molecule has 0 radical (unpaired) electrons. The molecule has 6 heteroatoms. The summed E-state index contributed by atoms with van der Waals surface area (Å²) < 4.78 is 0. The maximum Gasteiger partial charge on any atom is 0.335 e. The Hall–Kier alpha value is -2.11. The normalized spacial score (nSPS) is 18.1. The third-order valence-electron chi connectivity index (χ3n) is 4.02. The van der Waals surface area contributed by atoms with Gasteiger partial charge in [0.2, 0.25) is 0 Å². The summed E-state index contributed by atoms with van der Waals surface area (Å²) in [6.45, 7) is 0. The lowest BCUT2D eigenvalue weighted by Crippen LogP contribution is -2.24. The molecular formula is C14H16N2O4. The minimum atomic E-state index is -1.15. The van der Waals surface area contributed by atoms with Crippen molar-refractivity contribution >= 4 is 17.3 Å². The van der Waals surface area contributed by atoms with E-state index in [4.69, 9.17) is 5.11 Å². The van der Waals surface area contributed by atoms with Crippen LogP contribution in [0.25, 0.3) is 0 Å². The van der Waals surface area contributed by atoms with E-state index in [2.05, 4.69) is 5.32 Å². The smallest absolute Gasteiger partial charge is 0.335 e. The van der Waals surface area contributed by atoms with Gasteiger partial charge in [0, 0.05) is 12.1 Å². The molecule has 1 aromatic carbocycles. The number of carboxylic acid groups (broad SMARTS) is 1. The van der Waals surface area contributed by atoms with Crippen LogP contribution in [0, 0.1) is 22.0 Å². The van der Waals surface area contributed by atoms with Gasteiger partial charge in [-0.2, -0.15) is 0 Å². The Balaban J connectivity index is 1.87. The van der Waals surface area contributed by atoms with E-state index in [9.17, 15) is 14.9 Å². The molecule has 0 aliphatic heterocycles. The highest BCUT2D eigenvalue weighted by Crippen LogP contribution is 2.46. The molecule has 0 amide bonds. The van der Waals surface area contributed by atoms with E-state index in [0.29, 0.717) is 23.6 Å². The van der Waals surface area contributed by atoms with Crippen LogP contribution in [0.2, 0.25) is 0 Å². The average Bonchev–Trinajstić information content (AvgIpc) is 3.28. The molecule has 106 valence electrons. The van der Waals surface area contributed by atoms with Gasteiger partial charge in [0.05, 0.1) is 10.5 Å². The number of anilines is 1. The largest absolute Gasteiger partial charge is 0.478 e. The summed E-state index contributed by atoms with van der Waals surface area (Å²) in [5.74, 6) is 0.0723. The van der Waals surface area contributed by atoms with Gasteiger partial charge >= 0.3 is 5.97 Å². The molecule has 2 aliphatic carbocycles. The van der Waals surface area contributed by atoms with Crippen LogP contribution in [0.15, 0.2) is 18.2 Å². The Kier molecular flexibility index (Phi) is 3.08. The monoisotopic (exact) mass is 276 g/mol. The fraction of sp³-hybridized carbons (Fsp3) is 0.500. The van der Waals surface area contributed by atoms with Crippen molar-refractivity contribution in [3.8, 4) is 0 Å². The summed E-state index contributed by atoms with van der Waals surface area (Å²) in [5.41, 5.74) is 0.219. The zero-order valence-corrected chi connectivity index (χ0v) is 10.9. The average molecular weight is 276 g/mol. The predicted molar refractivity (Wildman–Crippen MR) is 72.9 cm³/mol. The summed E-state index contributed by atoms with van der Waals surface area (Å²) in [6, 6.07) is 4.35. The fourth-order valence-corrected chi connectivity index (χ4v) is 2.65. The number of carboxylic acids is 1. The standard InChI is InChI=1S/C14H16N2O4/c17-14(18)10-5-6-11(12(7-10)16(19)20)15-13(8-1-2-8)9-3-4-9/h5-9,13,15H,1-4H2,(H,17,18). The zero-order chi connectivity index (χ0) is 14.3. The Bertz CT molecular complexity index is 552. The van der Waals surface area contributed by atoms with Gasteiger partial charge in [0.1, 0.15) is 5.69 Å². The van der Waals surface area contributed by atoms with Crippen LogP contribution >= 0.6 is 0 Å². The van der Waals surface area contributed by atoms with E-state index >= 15 is 0 Å². The number of nitro groups is 1. The first-order valence-corrected chi connectivity index (χ1v) is 6.84. The zero-order valence-electron chi connectivity index (χ0n) is 10.9. The molecule has 0 saturated heterocycles. The summed E-state index contributed by atoms with van der Waals surface area (Å²) in [7, 11) is 0. The first kappa shape index (κ1) is 12.9. The molecule has 1 aromatic rings. The van der Waals surface area contributed by atoms with Crippen LogP contribution < -0.4 is 5.32 Å². The van der Waals surface area contributed by atoms with Crippen molar-refractivity contribution in [2.24, 2.45) is 11.8 Å². The van der Waals surface area contributed by atoms with Gasteiger partial charge in [0.15, 0.2) is 0 Å². The topological polar surface area (TPSA) is 92.5 Å². The van der Waals surface area contributed by atoms with Gasteiger partial charge in [-0.1, -0.05) is 0 Å². The minimum Gasteiger partial charge on any atom is -0.478 e. The molecule has 0 heterocycles. The number of hydrogen-bond acceptors (Lipinski definition) is 4. The molecule has 20 heavy (non-hydrogen) atoms. The van der Waals surface area contributed by atoms with Crippen molar-refractivity contribution < 1.29 is 14.8 Å². The molecule has 0 atom stereocenters. The van der Waals surface area contributed by atoms with Crippen molar-refractivity contribution in [1.82, 2.24) is 0 Å². The van der Waals surface area contributed by atoms with Crippen molar-refractivity contribution in [1.29, 1.82) is 0 Å². The van der Waals surface area contributed by atoms with Crippen LogP contribution in [-0.2, 0) is 0 Å². The lowest BCUT2D eigenvalue weighted by Gasteiger charge is -2.19. The Labute approximate surface area is 115 Å². The molecule has 6 nitrogen and oxygen atoms in total. The van der Waals surface area contributed by atoms with Crippen LogP contribution in [0.1, 0.15) is 36.0 Å². The first-order valence-electron chi connectivity index (χ1n) is 6.84. The van der Waals surface area contributed by atoms with Gasteiger partial charge < -0.3 is 10.4 Å². The summed E-state index contributed by atoms with van der Waals surface area (Å²) in [4.78, 5) is 21.5. The predicted octanol–water partition coefficient (Wildman–Crippen LogP) is 2.89. The van der Waals surface area contributed by atoms with Crippen molar-refractivity contribution in [3.05, 3.63) is 33.9 Å². The lowest BCUT2D eigenvalue weighted by atomic mass is 10.1. The van der Waals surface area contributed by atoms with Crippen molar-refractivity contribution in [3.63, 3.8) is 0 Å². The van der Waals surface area contributed by atoms with Gasteiger partial charge in [-0.3, -0.25) is 10.1 Å². The molecule has 2 saturated carbocycles. The number of nitro benzene ring substituents is 1. The Morgan fingerprint density at radius 2 is 1.90 bits per heavy atom. The van der Waals surface area contributed by atoms with Crippen LogP contribution in [-0.4, -0.2) is 22.0 Å². The summed E-state index contributed by atoms with van der Waals surface area (Å²) in [6.07, 6.45) is 4.70. The molecule has 0 spiro atoms. The molecule has 2 aliphatic rings. The number of nitrogens with zero attached hydrogens (tertiary/aromatic N) is 1. The number of hydrogen-bond donors (Lipinski definition) is 2. The SMILES string of the molecule is O=C(O)c1ccc(NC(C2CC2)C2CC2)c([N+](=O)[O-])c1. The molecule has 3 rings (SSSR count). The molecule has 0 unspecified atom stereocenters. The Morgan fingerprint density at radius 1 is 1.30 bits per heavy atom. The number of rotatable bonds is 6. The van der Waals surface area contributed by atoms with Gasteiger partial charge in [-0.15, -0.1) is 0 Å². The van der Waals surface area contributed by atoms with Gasteiger partial charge in [-0.05, 0) is 49.7 Å². The first-order chi connectivity index (χ1) is 9.56. The van der Waals surface area contributed by atoms with E-state index in [1.165, 1.54) is 37.8 Å². The maximum atomic E-state index is 11.1. The highest BCUT2D eigenvalue weighted by atomic mass is 16.6. The third-order valence-corrected chi connectivity index (χ3v) is 4.02. The van der Waals surface area contributed by atoms with E-state index in [1.54, 1.807) is 0 Å². The molecule has 2 N–H and O–H groups in total.